The van der Waals surface area contributed by atoms with E-state index in [0.29, 0.717) is 11.4 Å². The Bertz CT molecular complexity index is 1250. The first-order chi connectivity index (χ1) is 14.7. The van der Waals surface area contributed by atoms with Gasteiger partial charge in [-0.25, -0.2) is 8.42 Å². The number of rotatable bonds is 7. The Morgan fingerprint density at radius 3 is 2.19 bits per heavy atom. The van der Waals surface area contributed by atoms with Gasteiger partial charge in [0.25, 0.3) is 15.6 Å². The summed E-state index contributed by atoms with van der Waals surface area (Å²) in [6.45, 7) is 5.35. The summed E-state index contributed by atoms with van der Waals surface area (Å²) in [4.78, 5) is 25.4. The van der Waals surface area contributed by atoms with Gasteiger partial charge in [-0.2, -0.15) is 0 Å². The van der Waals surface area contributed by atoms with Gasteiger partial charge in [0.15, 0.2) is 0 Å². The molecule has 0 fully saturated rings. The van der Waals surface area contributed by atoms with E-state index in [1.807, 2.05) is 26.0 Å². The fourth-order valence-electron chi connectivity index (χ4n) is 3.03. The predicted octanol–water partition coefficient (Wildman–Crippen LogP) is 3.47. The van der Waals surface area contributed by atoms with E-state index in [-0.39, 0.29) is 23.0 Å². The Balaban J connectivity index is 1.80. The first-order valence-electron chi connectivity index (χ1n) is 9.88. The average molecular weight is 440 g/mol. The minimum Gasteiger partial charge on any atom is -0.325 e. The summed E-state index contributed by atoms with van der Waals surface area (Å²) in [6.07, 6.45) is 0.897. The second kappa shape index (κ2) is 9.18. The molecule has 0 saturated heterocycles. The molecule has 162 valence electrons. The Hall–Kier alpha value is -3.39. The second-order valence-electron chi connectivity index (χ2n) is 7.30. The van der Waals surface area contributed by atoms with Crippen LogP contribution in [0, 0.1) is 13.8 Å². The number of aromatic nitrogens is 1. The molecule has 0 atom stereocenters. The van der Waals surface area contributed by atoms with Crippen molar-refractivity contribution < 1.29 is 13.2 Å². The maximum absolute atomic E-state index is 12.9. The molecule has 0 bridgehead atoms. The third-order valence-electron chi connectivity index (χ3n) is 4.92. The quantitative estimate of drug-likeness (QED) is 0.589. The van der Waals surface area contributed by atoms with Gasteiger partial charge in [0.2, 0.25) is 5.91 Å². The van der Waals surface area contributed by atoms with Crippen LogP contribution in [0.4, 0.5) is 11.4 Å². The monoisotopic (exact) mass is 439 g/mol. The van der Waals surface area contributed by atoms with Gasteiger partial charge in [-0.1, -0.05) is 36.8 Å². The summed E-state index contributed by atoms with van der Waals surface area (Å²) in [5.74, 6) is -0.381. The van der Waals surface area contributed by atoms with Gasteiger partial charge >= 0.3 is 0 Å². The number of nitrogens with zero attached hydrogens (tertiary/aromatic N) is 1. The molecule has 0 radical (unpaired) electrons. The number of hydrogen-bond donors (Lipinski definition) is 2. The molecule has 1 heterocycles. The molecule has 0 aliphatic heterocycles. The lowest BCUT2D eigenvalue weighted by Gasteiger charge is -2.14. The summed E-state index contributed by atoms with van der Waals surface area (Å²) in [5.41, 5.74) is 2.54. The molecule has 31 heavy (non-hydrogen) atoms. The molecule has 2 N–H and O–H groups in total. The van der Waals surface area contributed by atoms with Crippen LogP contribution in [0.1, 0.15) is 23.7 Å². The molecule has 7 nitrogen and oxygen atoms in total. The largest absolute Gasteiger partial charge is 0.325 e. The molecule has 2 aromatic carbocycles. The van der Waals surface area contributed by atoms with Crippen LogP contribution in [-0.4, -0.2) is 18.9 Å². The summed E-state index contributed by atoms with van der Waals surface area (Å²) in [5, 5.41) is 2.76. The van der Waals surface area contributed by atoms with E-state index in [9.17, 15) is 18.0 Å². The van der Waals surface area contributed by atoms with Gasteiger partial charge in [-0.15, -0.1) is 0 Å². The van der Waals surface area contributed by atoms with Gasteiger partial charge in [-0.3, -0.25) is 14.3 Å². The number of carbonyl (C=O) groups is 1. The van der Waals surface area contributed by atoms with Crippen LogP contribution < -0.4 is 15.6 Å². The van der Waals surface area contributed by atoms with Crippen molar-refractivity contribution in [2.45, 2.75) is 38.6 Å². The van der Waals surface area contributed by atoms with Crippen molar-refractivity contribution in [1.82, 2.24) is 4.57 Å². The van der Waals surface area contributed by atoms with Crippen molar-refractivity contribution in [2.24, 2.45) is 0 Å². The number of sulfonamides is 1. The summed E-state index contributed by atoms with van der Waals surface area (Å²) in [7, 11) is -3.93. The zero-order chi connectivity index (χ0) is 22.6. The van der Waals surface area contributed by atoms with E-state index in [4.69, 9.17) is 0 Å². The Morgan fingerprint density at radius 1 is 0.935 bits per heavy atom. The third-order valence-corrected chi connectivity index (χ3v) is 6.30. The van der Waals surface area contributed by atoms with E-state index in [1.165, 1.54) is 22.8 Å². The Kier molecular flexibility index (Phi) is 6.60. The number of amides is 1. The van der Waals surface area contributed by atoms with Gasteiger partial charge in [0, 0.05) is 11.4 Å². The van der Waals surface area contributed by atoms with Crippen molar-refractivity contribution in [1.29, 1.82) is 0 Å². The van der Waals surface area contributed by atoms with Crippen molar-refractivity contribution in [3.8, 4) is 0 Å². The van der Waals surface area contributed by atoms with Gasteiger partial charge in [-0.05, 0) is 62.2 Å². The molecule has 0 saturated carbocycles. The highest BCUT2D eigenvalue weighted by molar-refractivity contribution is 7.92. The van der Waals surface area contributed by atoms with Crippen molar-refractivity contribution >= 4 is 27.3 Å². The SMILES string of the molecule is CCc1ccc(NC(=O)Cn2c(C)ccc(NS(=O)(=O)c3ccc(C)cc3)c2=O)cc1. The highest BCUT2D eigenvalue weighted by Crippen LogP contribution is 2.15. The molecule has 1 amide bonds. The standard InChI is InChI=1S/C23H25N3O4S/c1-4-18-8-10-19(11-9-18)24-22(27)15-26-17(3)7-14-21(23(26)28)25-31(29,30)20-12-5-16(2)6-13-20/h5-14,25H,4,15H2,1-3H3,(H,24,27). The average Bonchev–Trinajstić information content (AvgIpc) is 2.74. The molecule has 1 aromatic heterocycles. The molecule has 3 aromatic rings. The lowest BCUT2D eigenvalue weighted by atomic mass is 10.1. The third kappa shape index (κ3) is 5.40. The number of benzene rings is 2. The smallest absolute Gasteiger partial charge is 0.275 e. The van der Waals surface area contributed by atoms with Crippen LogP contribution >= 0.6 is 0 Å². The van der Waals surface area contributed by atoms with Crippen LogP contribution in [-0.2, 0) is 27.8 Å². The summed E-state index contributed by atoms with van der Waals surface area (Å²) in [6, 6.07) is 16.8. The van der Waals surface area contributed by atoms with Crippen molar-refractivity contribution in [3.63, 3.8) is 0 Å². The van der Waals surface area contributed by atoms with Crippen LogP contribution in [0.25, 0.3) is 0 Å². The van der Waals surface area contributed by atoms with Crippen LogP contribution in [0.5, 0.6) is 0 Å². The highest BCUT2D eigenvalue weighted by atomic mass is 32.2. The number of aryl methyl sites for hydroxylation is 3. The molecule has 0 aliphatic rings. The topological polar surface area (TPSA) is 97.3 Å². The molecule has 0 spiro atoms. The Labute approximate surface area is 181 Å². The van der Waals surface area contributed by atoms with Crippen molar-refractivity contribution in [2.75, 3.05) is 10.0 Å². The zero-order valence-corrected chi connectivity index (χ0v) is 18.5. The number of carbonyl (C=O) groups excluding carboxylic acids is 1. The van der Waals surface area contributed by atoms with Crippen LogP contribution in [0.2, 0.25) is 0 Å². The predicted molar refractivity (Wildman–Crippen MR) is 122 cm³/mol. The molecule has 8 heteroatoms. The maximum atomic E-state index is 12.9. The van der Waals surface area contributed by atoms with Crippen LogP contribution in [0.3, 0.4) is 0 Å². The number of nitrogens with one attached hydrogen (secondary N) is 2. The minimum absolute atomic E-state index is 0.0536. The molecule has 0 aliphatic carbocycles. The first kappa shape index (κ1) is 22.3. The number of anilines is 2. The summed E-state index contributed by atoms with van der Waals surface area (Å²) >= 11 is 0. The highest BCUT2D eigenvalue weighted by Gasteiger charge is 2.18. The van der Waals surface area contributed by atoms with Gasteiger partial charge in [0.05, 0.1) is 4.90 Å². The first-order valence-corrected chi connectivity index (χ1v) is 11.4. The normalized spacial score (nSPS) is 11.2. The van der Waals surface area contributed by atoms with E-state index in [2.05, 4.69) is 10.0 Å². The number of hydrogen-bond acceptors (Lipinski definition) is 4. The fourth-order valence-corrected chi connectivity index (χ4v) is 4.09. The lowest BCUT2D eigenvalue weighted by molar-refractivity contribution is -0.116. The van der Waals surface area contributed by atoms with E-state index in [0.717, 1.165) is 17.5 Å². The molecule has 3 rings (SSSR count). The number of pyridine rings is 1. The summed E-state index contributed by atoms with van der Waals surface area (Å²) < 4.78 is 28.8. The van der Waals surface area contributed by atoms with Gasteiger partial charge < -0.3 is 9.88 Å². The molecular weight excluding hydrogens is 414 g/mol. The van der Waals surface area contributed by atoms with E-state index < -0.39 is 15.6 Å². The van der Waals surface area contributed by atoms with Crippen molar-refractivity contribution in [3.05, 3.63) is 87.8 Å². The molecule has 0 unspecified atom stereocenters. The maximum Gasteiger partial charge on any atom is 0.275 e. The second-order valence-corrected chi connectivity index (χ2v) is 8.98. The Morgan fingerprint density at radius 2 is 1.58 bits per heavy atom. The van der Waals surface area contributed by atoms with E-state index in [1.54, 1.807) is 37.3 Å². The minimum atomic E-state index is -3.93. The molecular formula is C23H25N3O4S. The van der Waals surface area contributed by atoms with Crippen LogP contribution in [0.15, 0.2) is 70.4 Å². The lowest BCUT2D eigenvalue weighted by Crippen LogP contribution is -2.31. The van der Waals surface area contributed by atoms with E-state index >= 15 is 0 Å². The fraction of sp³-hybridized carbons (Fsp3) is 0.217. The van der Waals surface area contributed by atoms with Gasteiger partial charge in [0.1, 0.15) is 12.2 Å². The zero-order valence-electron chi connectivity index (χ0n) is 17.7.